The second-order valence-electron chi connectivity index (χ2n) is 6.25. The minimum atomic E-state index is -5.29. The lowest BCUT2D eigenvalue weighted by Crippen LogP contribution is -2.47. The number of imide groups is 1. The van der Waals surface area contributed by atoms with Crippen LogP contribution in [0.3, 0.4) is 0 Å². The zero-order valence-electron chi connectivity index (χ0n) is 14.5. The Kier molecular flexibility index (Phi) is 4.70. The quantitative estimate of drug-likeness (QED) is 0.639. The molecule has 28 heavy (non-hydrogen) atoms. The maximum absolute atomic E-state index is 14.8. The number of anilines is 1. The molecule has 0 aliphatic carbocycles. The van der Waals surface area contributed by atoms with Gasteiger partial charge in [0.15, 0.2) is 0 Å². The van der Waals surface area contributed by atoms with E-state index in [1.165, 1.54) is 12.1 Å². The van der Waals surface area contributed by atoms with E-state index in [2.05, 4.69) is 0 Å². The van der Waals surface area contributed by atoms with Crippen LogP contribution in [0.1, 0.15) is 33.2 Å². The Morgan fingerprint density at radius 1 is 0.929 bits per heavy atom. The Bertz CT molecular complexity index is 921. The van der Waals surface area contributed by atoms with Gasteiger partial charge in [-0.3, -0.25) is 14.4 Å². The van der Waals surface area contributed by atoms with Gasteiger partial charge >= 0.3 is 6.18 Å². The van der Waals surface area contributed by atoms with Gasteiger partial charge in [0.05, 0.1) is 23.4 Å². The summed E-state index contributed by atoms with van der Waals surface area (Å²) in [6.45, 7) is -0.319. The Hall–Kier alpha value is -3.23. The van der Waals surface area contributed by atoms with Gasteiger partial charge in [-0.25, -0.2) is 9.29 Å². The fourth-order valence-corrected chi connectivity index (χ4v) is 2.91. The zero-order chi connectivity index (χ0) is 20.7. The summed E-state index contributed by atoms with van der Waals surface area (Å²) in [5, 5.41) is 1.83. The molecule has 0 aromatic heterocycles. The molecular weight excluding hydrogens is 380 g/mol. The second-order valence-corrected chi connectivity index (χ2v) is 6.25. The molecule has 0 radical (unpaired) electrons. The number of halogens is 4. The van der Waals surface area contributed by atoms with Crippen LogP contribution in [0.4, 0.5) is 23.2 Å². The number of carbonyl (C=O) groups is 3. The average molecular weight is 394 g/mol. The van der Waals surface area contributed by atoms with Gasteiger partial charge in [-0.1, -0.05) is 24.3 Å². The molecule has 0 spiro atoms. The van der Waals surface area contributed by atoms with Crippen molar-refractivity contribution in [1.29, 1.82) is 0 Å². The highest BCUT2D eigenvalue weighted by Gasteiger charge is 2.57. The van der Waals surface area contributed by atoms with Crippen molar-refractivity contribution in [2.45, 2.75) is 18.8 Å². The van der Waals surface area contributed by atoms with Crippen molar-refractivity contribution in [3.05, 3.63) is 65.2 Å². The van der Waals surface area contributed by atoms with Gasteiger partial charge in [0.25, 0.3) is 11.8 Å². The molecule has 1 aliphatic heterocycles. The SMILES string of the molecule is CC(=O)NC[C@@](F)(c1ccc(N2C(=O)c3ccccc3C2=O)cc1)C(F)(F)F. The molecule has 146 valence electrons. The fraction of sp³-hybridized carbons (Fsp3) is 0.211. The molecule has 0 saturated carbocycles. The topological polar surface area (TPSA) is 66.5 Å². The van der Waals surface area contributed by atoms with E-state index in [9.17, 15) is 31.9 Å². The van der Waals surface area contributed by atoms with Crippen LogP contribution < -0.4 is 10.2 Å². The van der Waals surface area contributed by atoms with E-state index in [1.807, 2.05) is 5.32 Å². The average Bonchev–Trinajstić information content (AvgIpc) is 2.90. The lowest BCUT2D eigenvalue weighted by molar-refractivity contribution is -0.233. The number of hydrogen-bond acceptors (Lipinski definition) is 3. The standard InChI is InChI=1S/C19H14F4N2O3/c1-11(26)24-10-18(20,19(21,22)23)12-6-8-13(9-7-12)25-16(27)14-4-2-3-5-15(14)17(25)28/h2-9H,10H2,1H3,(H,24,26)/t18-/m1/s1. The first-order chi connectivity index (χ1) is 13.1. The minimum Gasteiger partial charge on any atom is -0.352 e. The summed E-state index contributed by atoms with van der Waals surface area (Å²) in [6.07, 6.45) is -5.29. The van der Waals surface area contributed by atoms with E-state index in [-0.39, 0.29) is 16.8 Å². The zero-order valence-corrected chi connectivity index (χ0v) is 14.5. The molecule has 1 heterocycles. The van der Waals surface area contributed by atoms with Crippen LogP contribution in [0.25, 0.3) is 0 Å². The van der Waals surface area contributed by atoms with Crippen molar-refractivity contribution in [3.8, 4) is 0 Å². The maximum Gasteiger partial charge on any atom is 0.428 e. The molecule has 2 aromatic carbocycles. The lowest BCUT2D eigenvalue weighted by atomic mass is 9.94. The van der Waals surface area contributed by atoms with E-state index < -0.39 is 41.7 Å². The minimum absolute atomic E-state index is 0.0130. The van der Waals surface area contributed by atoms with Crippen LogP contribution in [0.15, 0.2) is 48.5 Å². The molecule has 0 bridgehead atoms. The van der Waals surface area contributed by atoms with E-state index in [0.717, 1.165) is 36.1 Å². The van der Waals surface area contributed by atoms with Gasteiger partial charge in [-0.15, -0.1) is 0 Å². The molecule has 0 unspecified atom stereocenters. The highest BCUT2D eigenvalue weighted by atomic mass is 19.4. The van der Waals surface area contributed by atoms with Crippen molar-refractivity contribution >= 4 is 23.4 Å². The first-order valence-corrected chi connectivity index (χ1v) is 8.14. The molecule has 1 atom stereocenters. The smallest absolute Gasteiger partial charge is 0.352 e. The molecule has 0 saturated heterocycles. The van der Waals surface area contributed by atoms with Crippen molar-refractivity contribution in [3.63, 3.8) is 0 Å². The number of alkyl halides is 4. The van der Waals surface area contributed by atoms with Crippen LogP contribution in [-0.4, -0.2) is 30.4 Å². The molecule has 1 aliphatic rings. The maximum atomic E-state index is 14.8. The first-order valence-electron chi connectivity index (χ1n) is 8.14. The van der Waals surface area contributed by atoms with Crippen LogP contribution in [0, 0.1) is 0 Å². The van der Waals surface area contributed by atoms with E-state index in [0.29, 0.717) is 0 Å². The van der Waals surface area contributed by atoms with Gasteiger partial charge in [0, 0.05) is 12.5 Å². The number of amides is 3. The van der Waals surface area contributed by atoms with Gasteiger partial charge < -0.3 is 5.32 Å². The second kappa shape index (κ2) is 6.74. The van der Waals surface area contributed by atoms with Crippen LogP contribution in [-0.2, 0) is 10.5 Å². The number of fused-ring (bicyclic) bond motifs is 1. The number of carbonyl (C=O) groups excluding carboxylic acids is 3. The Balaban J connectivity index is 1.94. The summed E-state index contributed by atoms with van der Waals surface area (Å²) in [5.41, 5.74) is -4.21. The van der Waals surface area contributed by atoms with E-state index >= 15 is 0 Å². The summed E-state index contributed by atoms with van der Waals surface area (Å²) in [5.74, 6) is -2.04. The fourth-order valence-electron chi connectivity index (χ4n) is 2.91. The largest absolute Gasteiger partial charge is 0.428 e. The molecule has 9 heteroatoms. The number of nitrogens with one attached hydrogen (secondary N) is 1. The van der Waals surface area contributed by atoms with Crippen LogP contribution >= 0.6 is 0 Å². The van der Waals surface area contributed by atoms with Crippen LogP contribution in [0.2, 0.25) is 0 Å². The van der Waals surface area contributed by atoms with Crippen molar-refractivity contribution in [2.24, 2.45) is 0 Å². The highest BCUT2D eigenvalue weighted by Crippen LogP contribution is 2.43. The third-order valence-electron chi connectivity index (χ3n) is 4.41. The van der Waals surface area contributed by atoms with E-state index in [1.54, 1.807) is 12.1 Å². The lowest BCUT2D eigenvalue weighted by Gasteiger charge is -2.28. The van der Waals surface area contributed by atoms with Gasteiger partial charge in [-0.05, 0) is 24.3 Å². The molecule has 2 aromatic rings. The Labute approximate surface area is 156 Å². The molecule has 3 rings (SSSR count). The normalized spacial score (nSPS) is 16.0. The van der Waals surface area contributed by atoms with Gasteiger partial charge in [0.1, 0.15) is 0 Å². The third kappa shape index (κ3) is 3.12. The van der Waals surface area contributed by atoms with Crippen molar-refractivity contribution in [2.75, 3.05) is 11.4 Å². The molecule has 0 fully saturated rings. The Morgan fingerprint density at radius 2 is 1.43 bits per heavy atom. The number of benzene rings is 2. The summed E-state index contributed by atoms with van der Waals surface area (Å²) in [7, 11) is 0. The monoisotopic (exact) mass is 394 g/mol. The van der Waals surface area contributed by atoms with Crippen molar-refractivity contribution < 1.29 is 31.9 Å². The first kappa shape index (κ1) is 19.5. The van der Waals surface area contributed by atoms with Crippen molar-refractivity contribution in [1.82, 2.24) is 5.32 Å². The summed E-state index contributed by atoms with van der Waals surface area (Å²) in [6, 6.07) is 9.90. The predicted octanol–water partition coefficient (Wildman–Crippen LogP) is 3.35. The molecule has 1 N–H and O–H groups in total. The van der Waals surface area contributed by atoms with Gasteiger partial charge in [-0.2, -0.15) is 13.2 Å². The summed E-state index contributed by atoms with van der Waals surface area (Å²) in [4.78, 5) is 36.6. The van der Waals surface area contributed by atoms with Gasteiger partial charge in [0.2, 0.25) is 11.6 Å². The summed E-state index contributed by atoms with van der Waals surface area (Å²) >= 11 is 0. The Morgan fingerprint density at radius 3 is 1.86 bits per heavy atom. The predicted molar refractivity (Wildman–Crippen MR) is 91.5 cm³/mol. The number of hydrogen-bond donors (Lipinski definition) is 1. The third-order valence-corrected chi connectivity index (χ3v) is 4.41. The summed E-state index contributed by atoms with van der Waals surface area (Å²) < 4.78 is 54.7. The number of rotatable bonds is 4. The molecule has 3 amide bonds. The molecular formula is C19H14F4N2O3. The highest BCUT2D eigenvalue weighted by molar-refractivity contribution is 6.34. The van der Waals surface area contributed by atoms with Crippen LogP contribution in [0.5, 0.6) is 0 Å². The van der Waals surface area contributed by atoms with E-state index in [4.69, 9.17) is 0 Å². The number of nitrogens with zero attached hydrogens (tertiary/aromatic N) is 1. The molecule has 5 nitrogen and oxygen atoms in total.